The summed E-state index contributed by atoms with van der Waals surface area (Å²) in [5, 5.41) is 9.49. The Balaban J connectivity index is 1.46. The first-order valence-electron chi connectivity index (χ1n) is 8.38. The molecule has 0 spiro atoms. The molecule has 9 nitrogen and oxygen atoms in total. The van der Waals surface area contributed by atoms with Crippen molar-refractivity contribution in [2.45, 2.75) is 6.54 Å². The molecule has 0 atom stereocenters. The lowest BCUT2D eigenvalue weighted by molar-refractivity contribution is -0.119. The molecule has 0 fully saturated rings. The maximum absolute atomic E-state index is 12.5. The summed E-state index contributed by atoms with van der Waals surface area (Å²) in [6.07, 6.45) is 2.90. The Morgan fingerprint density at radius 2 is 2.11 bits per heavy atom. The number of amides is 1. The average molecular weight is 399 g/mol. The van der Waals surface area contributed by atoms with Crippen LogP contribution in [0.3, 0.4) is 0 Å². The SMILES string of the molecule is O=C(CNc1cnn(-c2nc3ccccc3[nH]2)c(=O)c1Cl)NCc1ccco1. The summed E-state index contributed by atoms with van der Waals surface area (Å²) in [6, 6.07) is 10.9. The lowest BCUT2D eigenvalue weighted by Gasteiger charge is -2.09. The molecule has 0 aliphatic heterocycles. The molecule has 0 bridgehead atoms. The van der Waals surface area contributed by atoms with E-state index in [1.165, 1.54) is 12.5 Å². The highest BCUT2D eigenvalue weighted by atomic mass is 35.5. The summed E-state index contributed by atoms with van der Waals surface area (Å²) in [7, 11) is 0. The largest absolute Gasteiger partial charge is 0.467 e. The molecule has 28 heavy (non-hydrogen) atoms. The minimum atomic E-state index is -0.554. The van der Waals surface area contributed by atoms with Crippen LogP contribution >= 0.6 is 11.6 Å². The van der Waals surface area contributed by atoms with Gasteiger partial charge in [0.2, 0.25) is 11.9 Å². The van der Waals surface area contributed by atoms with Gasteiger partial charge in [0.15, 0.2) is 0 Å². The maximum Gasteiger partial charge on any atom is 0.295 e. The van der Waals surface area contributed by atoms with E-state index in [4.69, 9.17) is 16.0 Å². The average Bonchev–Trinajstić information content (AvgIpc) is 3.37. The molecule has 0 radical (unpaired) electrons. The molecule has 1 aromatic carbocycles. The molecule has 3 heterocycles. The zero-order valence-corrected chi connectivity index (χ0v) is 15.2. The van der Waals surface area contributed by atoms with E-state index < -0.39 is 5.56 Å². The smallest absolute Gasteiger partial charge is 0.295 e. The summed E-state index contributed by atoms with van der Waals surface area (Å²) in [4.78, 5) is 31.8. The fourth-order valence-electron chi connectivity index (χ4n) is 2.58. The summed E-state index contributed by atoms with van der Waals surface area (Å²) in [5.74, 6) is 0.617. The third-order valence-electron chi connectivity index (χ3n) is 3.98. The number of imidazole rings is 1. The van der Waals surface area contributed by atoms with Gasteiger partial charge in [-0.05, 0) is 24.3 Å². The Labute approximate surface area is 163 Å². The van der Waals surface area contributed by atoms with Crippen molar-refractivity contribution < 1.29 is 9.21 Å². The van der Waals surface area contributed by atoms with Gasteiger partial charge in [0.25, 0.3) is 5.56 Å². The third-order valence-corrected chi connectivity index (χ3v) is 4.34. The first kappa shape index (κ1) is 17.8. The Morgan fingerprint density at radius 3 is 2.89 bits per heavy atom. The van der Waals surface area contributed by atoms with Crippen molar-refractivity contribution in [3.8, 4) is 5.95 Å². The zero-order valence-electron chi connectivity index (χ0n) is 14.5. The highest BCUT2D eigenvalue weighted by molar-refractivity contribution is 6.33. The van der Waals surface area contributed by atoms with Crippen molar-refractivity contribution in [1.82, 2.24) is 25.1 Å². The van der Waals surface area contributed by atoms with E-state index in [2.05, 4.69) is 25.7 Å². The summed E-state index contributed by atoms with van der Waals surface area (Å²) < 4.78 is 6.21. The Kier molecular flexibility index (Phi) is 4.81. The van der Waals surface area contributed by atoms with Crippen LogP contribution in [0, 0.1) is 0 Å². The van der Waals surface area contributed by atoms with Gasteiger partial charge in [0.05, 0.1) is 42.3 Å². The second-order valence-electron chi connectivity index (χ2n) is 5.88. The van der Waals surface area contributed by atoms with Crippen LogP contribution in [0.15, 0.2) is 58.1 Å². The van der Waals surface area contributed by atoms with Crippen LogP contribution in [-0.4, -0.2) is 32.2 Å². The molecule has 10 heteroatoms. The fourth-order valence-corrected chi connectivity index (χ4v) is 2.78. The van der Waals surface area contributed by atoms with Gasteiger partial charge in [0.1, 0.15) is 10.8 Å². The Bertz CT molecular complexity index is 1150. The number of nitrogens with one attached hydrogen (secondary N) is 3. The molecule has 1 amide bonds. The maximum atomic E-state index is 12.5. The van der Waals surface area contributed by atoms with Gasteiger partial charge in [-0.3, -0.25) is 9.59 Å². The first-order chi connectivity index (χ1) is 13.6. The number of para-hydroxylation sites is 2. The van der Waals surface area contributed by atoms with E-state index in [0.29, 0.717) is 11.3 Å². The fraction of sp³-hybridized carbons (Fsp3) is 0.111. The van der Waals surface area contributed by atoms with Gasteiger partial charge >= 0.3 is 0 Å². The number of hydrogen-bond donors (Lipinski definition) is 3. The number of benzene rings is 1. The van der Waals surface area contributed by atoms with Crippen molar-refractivity contribution >= 4 is 34.2 Å². The number of H-pyrrole nitrogens is 1. The molecule has 3 aromatic heterocycles. The number of aromatic amines is 1. The predicted octanol–water partition coefficient (Wildman–Crippen LogP) is 2.08. The lowest BCUT2D eigenvalue weighted by atomic mass is 10.3. The van der Waals surface area contributed by atoms with Crippen LogP contribution in [0.5, 0.6) is 0 Å². The zero-order chi connectivity index (χ0) is 19.5. The minimum absolute atomic E-state index is 0.0732. The number of rotatable bonds is 6. The molecule has 4 aromatic rings. The third kappa shape index (κ3) is 3.60. The molecule has 0 aliphatic rings. The Hall–Kier alpha value is -3.59. The van der Waals surface area contributed by atoms with Gasteiger partial charge in [-0.1, -0.05) is 23.7 Å². The normalized spacial score (nSPS) is 10.9. The number of carbonyl (C=O) groups is 1. The van der Waals surface area contributed by atoms with Gasteiger partial charge in [-0.2, -0.15) is 9.78 Å². The van der Waals surface area contributed by atoms with Crippen LogP contribution < -0.4 is 16.2 Å². The number of nitrogens with zero attached hydrogens (tertiary/aromatic N) is 3. The van der Waals surface area contributed by atoms with E-state index in [0.717, 1.165) is 10.2 Å². The quantitative estimate of drug-likeness (QED) is 0.457. The van der Waals surface area contributed by atoms with Crippen LogP contribution in [0.2, 0.25) is 5.02 Å². The second-order valence-corrected chi connectivity index (χ2v) is 6.25. The Morgan fingerprint density at radius 1 is 1.25 bits per heavy atom. The van der Waals surface area contributed by atoms with Crippen molar-refractivity contribution in [3.63, 3.8) is 0 Å². The molecule has 142 valence electrons. The number of fused-ring (bicyclic) bond motifs is 1. The second kappa shape index (κ2) is 7.57. The monoisotopic (exact) mass is 398 g/mol. The van der Waals surface area contributed by atoms with Crippen molar-refractivity contribution in [2.75, 3.05) is 11.9 Å². The van der Waals surface area contributed by atoms with Gasteiger partial charge in [0, 0.05) is 0 Å². The number of aromatic nitrogens is 4. The molecule has 4 rings (SSSR count). The van der Waals surface area contributed by atoms with Crippen molar-refractivity contribution in [2.24, 2.45) is 0 Å². The minimum Gasteiger partial charge on any atom is -0.467 e. The highest BCUT2D eigenvalue weighted by Crippen LogP contribution is 2.17. The number of carbonyl (C=O) groups excluding carboxylic acids is 1. The van der Waals surface area contributed by atoms with Gasteiger partial charge in [-0.15, -0.1) is 0 Å². The van der Waals surface area contributed by atoms with E-state index in [-0.39, 0.29) is 35.7 Å². The topological polar surface area (TPSA) is 118 Å². The predicted molar refractivity (Wildman–Crippen MR) is 104 cm³/mol. The molecule has 0 aliphatic carbocycles. The number of hydrogen-bond acceptors (Lipinski definition) is 6. The lowest BCUT2D eigenvalue weighted by Crippen LogP contribution is -2.30. The standard InChI is InChI=1S/C18H15ClN6O3/c19-16-14(20-10-15(26)21-8-11-4-3-7-28-11)9-22-25(17(16)27)18-23-12-5-1-2-6-13(12)24-18/h1-7,9,20H,8,10H2,(H,21,26)(H,23,24). The van der Waals surface area contributed by atoms with E-state index >= 15 is 0 Å². The van der Waals surface area contributed by atoms with E-state index in [9.17, 15) is 9.59 Å². The van der Waals surface area contributed by atoms with Crippen LogP contribution in [0.1, 0.15) is 5.76 Å². The first-order valence-corrected chi connectivity index (χ1v) is 8.75. The highest BCUT2D eigenvalue weighted by Gasteiger charge is 2.14. The number of halogens is 1. The molecule has 0 saturated carbocycles. The van der Waals surface area contributed by atoms with Crippen LogP contribution in [0.4, 0.5) is 5.69 Å². The molecule has 0 unspecified atom stereocenters. The van der Waals surface area contributed by atoms with Crippen molar-refractivity contribution in [3.05, 3.63) is 70.0 Å². The number of anilines is 1. The molecule has 3 N–H and O–H groups in total. The van der Waals surface area contributed by atoms with E-state index in [1.54, 1.807) is 12.1 Å². The van der Waals surface area contributed by atoms with Crippen LogP contribution in [-0.2, 0) is 11.3 Å². The van der Waals surface area contributed by atoms with Crippen LogP contribution in [0.25, 0.3) is 17.0 Å². The molecular formula is C18H15ClN6O3. The molecular weight excluding hydrogens is 384 g/mol. The molecule has 0 saturated heterocycles. The summed E-state index contributed by atoms with van der Waals surface area (Å²) in [5.41, 5.74) is 1.18. The van der Waals surface area contributed by atoms with Gasteiger partial charge in [-0.25, -0.2) is 4.98 Å². The summed E-state index contributed by atoms with van der Waals surface area (Å²) >= 11 is 6.16. The summed E-state index contributed by atoms with van der Waals surface area (Å²) in [6.45, 7) is 0.198. The van der Waals surface area contributed by atoms with Crippen molar-refractivity contribution in [1.29, 1.82) is 0 Å². The number of furan rings is 1. The van der Waals surface area contributed by atoms with E-state index in [1.807, 2.05) is 24.3 Å². The van der Waals surface area contributed by atoms with Gasteiger partial charge < -0.3 is 20.0 Å².